The van der Waals surface area contributed by atoms with Gasteiger partial charge in [0.25, 0.3) is 5.22 Å². The van der Waals surface area contributed by atoms with Crippen LogP contribution in [0.3, 0.4) is 0 Å². The fraction of sp³-hybridized carbons (Fsp3) is 0.842. The van der Waals surface area contributed by atoms with Gasteiger partial charge in [0.2, 0.25) is 11.8 Å². The van der Waals surface area contributed by atoms with Crippen molar-refractivity contribution in [3.63, 3.8) is 0 Å². The molecule has 1 saturated heterocycles. The standard InChI is InChI=1S/C19H27N3O2S/c23-17-2-1-4-22(17)12-16-20-21-18(24-16)25-5-3-19-9-13-6-14(10-19)8-15(7-13)11-19/h13-15H,1-12H2. The summed E-state index contributed by atoms with van der Waals surface area (Å²) < 4.78 is 5.76. The highest BCUT2D eigenvalue weighted by molar-refractivity contribution is 7.99. The van der Waals surface area contributed by atoms with Gasteiger partial charge in [0.05, 0.1) is 6.54 Å². The lowest BCUT2D eigenvalue weighted by Crippen LogP contribution is -2.46. The second kappa shape index (κ2) is 6.29. The van der Waals surface area contributed by atoms with E-state index in [9.17, 15) is 4.79 Å². The van der Waals surface area contributed by atoms with E-state index >= 15 is 0 Å². The van der Waals surface area contributed by atoms with Gasteiger partial charge in [-0.25, -0.2) is 0 Å². The third-order valence-corrected chi connectivity index (χ3v) is 7.79. The van der Waals surface area contributed by atoms with Crippen molar-refractivity contribution in [3.05, 3.63) is 5.89 Å². The van der Waals surface area contributed by atoms with E-state index in [1.807, 2.05) is 4.90 Å². The van der Waals surface area contributed by atoms with E-state index < -0.39 is 0 Å². The second-order valence-corrected chi connectivity index (χ2v) is 9.94. The van der Waals surface area contributed by atoms with E-state index in [-0.39, 0.29) is 5.91 Å². The summed E-state index contributed by atoms with van der Waals surface area (Å²) in [6.45, 7) is 1.29. The molecule has 2 heterocycles. The highest BCUT2D eigenvalue weighted by atomic mass is 32.2. The Balaban J connectivity index is 1.14. The summed E-state index contributed by atoms with van der Waals surface area (Å²) in [6.07, 6.45) is 11.8. The van der Waals surface area contributed by atoms with Crippen molar-refractivity contribution >= 4 is 17.7 Å². The van der Waals surface area contributed by atoms with Crippen LogP contribution in [0.15, 0.2) is 9.64 Å². The van der Waals surface area contributed by atoms with Crippen molar-refractivity contribution in [2.24, 2.45) is 23.2 Å². The maximum atomic E-state index is 11.7. The number of carbonyl (C=O) groups is 1. The number of carbonyl (C=O) groups excluding carboxylic acids is 1. The van der Waals surface area contributed by atoms with Crippen LogP contribution in [0, 0.1) is 23.2 Å². The van der Waals surface area contributed by atoms with Gasteiger partial charge in [-0.05, 0) is 74.5 Å². The molecule has 25 heavy (non-hydrogen) atoms. The Bertz CT molecular complexity index is 624. The summed E-state index contributed by atoms with van der Waals surface area (Å²) in [6, 6.07) is 0. The van der Waals surface area contributed by atoms with Crippen LogP contribution >= 0.6 is 11.8 Å². The maximum Gasteiger partial charge on any atom is 0.276 e. The Morgan fingerprint density at radius 2 is 1.84 bits per heavy atom. The number of likely N-dealkylation sites (tertiary alicyclic amines) is 1. The second-order valence-electron chi connectivity index (χ2n) is 8.90. The van der Waals surface area contributed by atoms with Crippen molar-refractivity contribution in [3.8, 4) is 0 Å². The van der Waals surface area contributed by atoms with Crippen molar-refractivity contribution in [1.29, 1.82) is 0 Å². The number of thioether (sulfide) groups is 1. The Hall–Kier alpha value is -1.04. The van der Waals surface area contributed by atoms with Gasteiger partial charge in [-0.15, -0.1) is 10.2 Å². The zero-order valence-electron chi connectivity index (χ0n) is 14.8. The molecule has 1 aromatic heterocycles. The molecule has 0 atom stereocenters. The summed E-state index contributed by atoms with van der Waals surface area (Å²) in [5, 5.41) is 8.98. The first kappa shape index (κ1) is 16.2. The average molecular weight is 362 g/mol. The molecule has 0 N–H and O–H groups in total. The summed E-state index contributed by atoms with van der Waals surface area (Å²) >= 11 is 1.71. The molecule has 1 aromatic rings. The Morgan fingerprint density at radius 3 is 2.48 bits per heavy atom. The average Bonchev–Trinajstić information content (AvgIpc) is 3.16. The van der Waals surface area contributed by atoms with E-state index in [1.54, 1.807) is 11.8 Å². The zero-order valence-corrected chi connectivity index (χ0v) is 15.6. The minimum atomic E-state index is 0.203. The molecule has 1 amide bonds. The number of rotatable bonds is 6. The molecular weight excluding hydrogens is 334 g/mol. The fourth-order valence-corrected chi connectivity index (χ4v) is 7.31. The van der Waals surface area contributed by atoms with Crippen molar-refractivity contribution in [1.82, 2.24) is 15.1 Å². The van der Waals surface area contributed by atoms with Gasteiger partial charge in [-0.1, -0.05) is 11.8 Å². The number of aromatic nitrogens is 2. The van der Waals surface area contributed by atoms with E-state index in [1.165, 1.54) is 44.9 Å². The summed E-state index contributed by atoms with van der Waals surface area (Å²) in [5.41, 5.74) is 0.618. The molecule has 4 bridgehead atoms. The first-order chi connectivity index (χ1) is 12.2. The minimum Gasteiger partial charge on any atom is -0.414 e. The Morgan fingerprint density at radius 1 is 1.12 bits per heavy atom. The summed E-state index contributed by atoms with van der Waals surface area (Å²) in [5.74, 6) is 4.91. The lowest BCUT2D eigenvalue weighted by atomic mass is 9.49. The smallest absolute Gasteiger partial charge is 0.276 e. The molecule has 5 nitrogen and oxygen atoms in total. The van der Waals surface area contributed by atoms with Crippen LogP contribution in [0.5, 0.6) is 0 Å². The maximum absolute atomic E-state index is 11.7. The van der Waals surface area contributed by atoms with E-state index in [4.69, 9.17) is 4.42 Å². The first-order valence-electron chi connectivity index (χ1n) is 9.90. The van der Waals surface area contributed by atoms with Gasteiger partial charge in [0.1, 0.15) is 0 Å². The van der Waals surface area contributed by atoms with E-state index in [0.717, 1.165) is 36.5 Å². The Labute approximate surface area is 153 Å². The molecule has 6 rings (SSSR count). The normalized spacial score (nSPS) is 36.6. The van der Waals surface area contributed by atoms with Crippen LogP contribution in [0.1, 0.15) is 63.7 Å². The molecule has 5 aliphatic rings. The predicted molar refractivity (Wildman–Crippen MR) is 94.9 cm³/mol. The minimum absolute atomic E-state index is 0.203. The molecule has 0 aromatic carbocycles. The number of amides is 1. The van der Waals surface area contributed by atoms with Gasteiger partial charge >= 0.3 is 0 Å². The van der Waals surface area contributed by atoms with E-state index in [0.29, 0.717) is 29.5 Å². The third kappa shape index (κ3) is 3.22. The number of nitrogens with zero attached hydrogens (tertiary/aromatic N) is 3. The lowest BCUT2D eigenvalue weighted by molar-refractivity contribution is -0.128. The fourth-order valence-electron chi connectivity index (χ4n) is 6.35. The molecule has 0 radical (unpaired) electrons. The summed E-state index contributed by atoms with van der Waals surface area (Å²) in [7, 11) is 0. The highest BCUT2D eigenvalue weighted by Crippen LogP contribution is 2.61. The molecule has 0 unspecified atom stereocenters. The first-order valence-corrected chi connectivity index (χ1v) is 10.9. The van der Waals surface area contributed by atoms with Gasteiger partial charge in [0, 0.05) is 18.7 Å². The van der Waals surface area contributed by atoms with Gasteiger partial charge in [-0.2, -0.15) is 0 Å². The molecule has 5 fully saturated rings. The molecule has 4 aliphatic carbocycles. The summed E-state index contributed by atoms with van der Waals surface area (Å²) in [4.78, 5) is 13.5. The van der Waals surface area contributed by atoms with Crippen LogP contribution in [-0.4, -0.2) is 33.3 Å². The predicted octanol–water partition coefficient (Wildman–Crippen LogP) is 3.89. The molecule has 136 valence electrons. The van der Waals surface area contributed by atoms with Crippen molar-refractivity contribution < 1.29 is 9.21 Å². The Kier molecular flexibility index (Phi) is 4.06. The van der Waals surface area contributed by atoms with Gasteiger partial charge < -0.3 is 9.32 Å². The molecule has 1 aliphatic heterocycles. The lowest BCUT2D eigenvalue weighted by Gasteiger charge is -2.57. The largest absolute Gasteiger partial charge is 0.414 e. The van der Waals surface area contributed by atoms with Crippen LogP contribution in [-0.2, 0) is 11.3 Å². The van der Waals surface area contributed by atoms with Gasteiger partial charge in [-0.3, -0.25) is 4.79 Å². The van der Waals surface area contributed by atoms with Crippen LogP contribution < -0.4 is 0 Å². The quantitative estimate of drug-likeness (QED) is 0.720. The van der Waals surface area contributed by atoms with Crippen molar-refractivity contribution in [2.45, 2.75) is 69.6 Å². The number of hydrogen-bond donors (Lipinski definition) is 0. The van der Waals surface area contributed by atoms with Crippen LogP contribution in [0.4, 0.5) is 0 Å². The highest BCUT2D eigenvalue weighted by Gasteiger charge is 2.50. The third-order valence-electron chi connectivity index (χ3n) is 6.97. The number of hydrogen-bond acceptors (Lipinski definition) is 5. The van der Waals surface area contributed by atoms with Crippen LogP contribution in [0.2, 0.25) is 0 Å². The molecule has 0 spiro atoms. The topological polar surface area (TPSA) is 59.2 Å². The molecule has 6 heteroatoms. The van der Waals surface area contributed by atoms with Crippen molar-refractivity contribution in [2.75, 3.05) is 12.3 Å². The zero-order chi connectivity index (χ0) is 16.9. The molecular formula is C19H27N3O2S. The molecule has 4 saturated carbocycles. The van der Waals surface area contributed by atoms with E-state index in [2.05, 4.69) is 10.2 Å². The van der Waals surface area contributed by atoms with Crippen LogP contribution in [0.25, 0.3) is 0 Å². The van der Waals surface area contributed by atoms with Gasteiger partial charge in [0.15, 0.2) is 0 Å². The SMILES string of the molecule is O=C1CCCN1Cc1nnc(SCCC23CC4CC(CC(C4)C2)C3)o1. The monoisotopic (exact) mass is 361 g/mol.